The van der Waals surface area contributed by atoms with Gasteiger partial charge in [0.15, 0.2) is 0 Å². The number of carbonyl (C=O) groups excluding carboxylic acids is 1. The number of carbonyl (C=O) groups is 1. The zero-order chi connectivity index (χ0) is 8.81. The van der Waals surface area contributed by atoms with Crippen molar-refractivity contribution in [1.29, 1.82) is 0 Å². The van der Waals surface area contributed by atoms with Crippen molar-refractivity contribution in [2.24, 2.45) is 5.92 Å². The standard InChI is InChI=1S/C9H17NO2/c1-2-9(11)12-7-8-4-3-5-10-6-8/h8,10H,2-7H2,1H3. The Kier molecular flexibility index (Phi) is 4.08. The van der Waals surface area contributed by atoms with E-state index in [2.05, 4.69) is 5.32 Å². The summed E-state index contributed by atoms with van der Waals surface area (Å²) in [5.41, 5.74) is 0. The Hall–Kier alpha value is -0.570. The second kappa shape index (κ2) is 5.14. The smallest absolute Gasteiger partial charge is 0.305 e. The maximum Gasteiger partial charge on any atom is 0.305 e. The molecule has 0 amide bonds. The first-order valence-electron chi connectivity index (χ1n) is 4.69. The van der Waals surface area contributed by atoms with Gasteiger partial charge in [0, 0.05) is 18.9 Å². The van der Waals surface area contributed by atoms with Crippen LogP contribution in [0.15, 0.2) is 0 Å². The van der Waals surface area contributed by atoms with Gasteiger partial charge in [0.1, 0.15) is 0 Å². The average Bonchev–Trinajstić information content (AvgIpc) is 2.16. The number of ether oxygens (including phenoxy) is 1. The van der Waals surface area contributed by atoms with E-state index in [4.69, 9.17) is 4.74 Å². The summed E-state index contributed by atoms with van der Waals surface area (Å²) in [6.07, 6.45) is 2.87. The highest BCUT2D eigenvalue weighted by molar-refractivity contribution is 5.68. The highest BCUT2D eigenvalue weighted by atomic mass is 16.5. The fourth-order valence-corrected chi connectivity index (χ4v) is 1.38. The number of piperidine rings is 1. The molecule has 1 heterocycles. The maximum atomic E-state index is 10.8. The Balaban J connectivity index is 2.09. The fraction of sp³-hybridized carbons (Fsp3) is 0.889. The molecule has 1 fully saturated rings. The number of nitrogens with one attached hydrogen (secondary N) is 1. The lowest BCUT2D eigenvalue weighted by Gasteiger charge is -2.21. The molecule has 0 spiro atoms. The first kappa shape index (κ1) is 9.52. The van der Waals surface area contributed by atoms with Crippen LogP contribution in [0.2, 0.25) is 0 Å². The van der Waals surface area contributed by atoms with Crippen molar-refractivity contribution in [2.45, 2.75) is 26.2 Å². The van der Waals surface area contributed by atoms with Crippen LogP contribution in [0.4, 0.5) is 0 Å². The second-order valence-corrected chi connectivity index (χ2v) is 3.25. The zero-order valence-electron chi connectivity index (χ0n) is 7.64. The van der Waals surface area contributed by atoms with Crippen LogP contribution in [0.3, 0.4) is 0 Å². The van der Waals surface area contributed by atoms with E-state index >= 15 is 0 Å². The first-order chi connectivity index (χ1) is 5.83. The summed E-state index contributed by atoms with van der Waals surface area (Å²) < 4.78 is 5.05. The summed E-state index contributed by atoms with van der Waals surface area (Å²) >= 11 is 0. The summed E-state index contributed by atoms with van der Waals surface area (Å²) in [6, 6.07) is 0. The van der Waals surface area contributed by atoms with Gasteiger partial charge >= 0.3 is 5.97 Å². The van der Waals surface area contributed by atoms with Crippen LogP contribution in [0, 0.1) is 5.92 Å². The van der Waals surface area contributed by atoms with Gasteiger partial charge in [-0.15, -0.1) is 0 Å². The molecule has 1 atom stereocenters. The molecular formula is C9H17NO2. The number of esters is 1. The van der Waals surface area contributed by atoms with Gasteiger partial charge in [-0.05, 0) is 19.4 Å². The molecule has 0 saturated carbocycles. The minimum absolute atomic E-state index is 0.0828. The van der Waals surface area contributed by atoms with Crippen molar-refractivity contribution in [1.82, 2.24) is 5.32 Å². The third-order valence-electron chi connectivity index (χ3n) is 2.17. The van der Waals surface area contributed by atoms with Crippen LogP contribution in [0.1, 0.15) is 26.2 Å². The van der Waals surface area contributed by atoms with E-state index in [0.717, 1.165) is 13.1 Å². The Labute approximate surface area is 73.5 Å². The summed E-state index contributed by atoms with van der Waals surface area (Å²) in [5.74, 6) is 0.454. The molecule has 1 saturated heterocycles. The Morgan fingerprint density at radius 3 is 3.08 bits per heavy atom. The molecule has 0 aliphatic carbocycles. The SMILES string of the molecule is CCC(=O)OCC1CCCNC1. The monoisotopic (exact) mass is 171 g/mol. The largest absolute Gasteiger partial charge is 0.465 e. The van der Waals surface area contributed by atoms with Gasteiger partial charge in [-0.3, -0.25) is 4.79 Å². The van der Waals surface area contributed by atoms with Crippen molar-refractivity contribution >= 4 is 5.97 Å². The van der Waals surface area contributed by atoms with Crippen LogP contribution >= 0.6 is 0 Å². The van der Waals surface area contributed by atoms with Gasteiger partial charge in [0.2, 0.25) is 0 Å². The Bertz CT molecular complexity index is 141. The summed E-state index contributed by atoms with van der Waals surface area (Å²) in [6.45, 7) is 4.52. The second-order valence-electron chi connectivity index (χ2n) is 3.25. The average molecular weight is 171 g/mol. The van der Waals surface area contributed by atoms with Crippen molar-refractivity contribution in [3.05, 3.63) is 0 Å². The highest BCUT2D eigenvalue weighted by Crippen LogP contribution is 2.10. The van der Waals surface area contributed by atoms with Crippen LogP contribution in [-0.2, 0) is 9.53 Å². The molecule has 0 aromatic carbocycles. The van der Waals surface area contributed by atoms with E-state index in [-0.39, 0.29) is 5.97 Å². The van der Waals surface area contributed by atoms with Crippen LogP contribution in [0.25, 0.3) is 0 Å². The van der Waals surface area contributed by atoms with E-state index in [1.165, 1.54) is 12.8 Å². The predicted molar refractivity (Wildman–Crippen MR) is 46.8 cm³/mol. The van der Waals surface area contributed by atoms with Gasteiger partial charge in [-0.1, -0.05) is 6.92 Å². The minimum atomic E-state index is -0.0828. The normalized spacial score (nSPS) is 23.6. The van der Waals surface area contributed by atoms with Crippen LogP contribution in [-0.4, -0.2) is 25.7 Å². The zero-order valence-corrected chi connectivity index (χ0v) is 7.64. The van der Waals surface area contributed by atoms with Crippen LogP contribution in [0.5, 0.6) is 0 Å². The molecule has 0 aromatic rings. The lowest BCUT2D eigenvalue weighted by molar-refractivity contribution is -0.144. The molecule has 12 heavy (non-hydrogen) atoms. The lowest BCUT2D eigenvalue weighted by Crippen LogP contribution is -2.32. The van der Waals surface area contributed by atoms with Crippen molar-refractivity contribution in [3.63, 3.8) is 0 Å². The molecule has 3 nitrogen and oxygen atoms in total. The van der Waals surface area contributed by atoms with E-state index in [9.17, 15) is 4.79 Å². The van der Waals surface area contributed by atoms with E-state index in [0.29, 0.717) is 18.9 Å². The number of rotatable bonds is 3. The third-order valence-corrected chi connectivity index (χ3v) is 2.17. The van der Waals surface area contributed by atoms with E-state index in [1.807, 2.05) is 6.92 Å². The molecule has 0 aromatic heterocycles. The molecule has 1 N–H and O–H groups in total. The van der Waals surface area contributed by atoms with Gasteiger partial charge in [0.25, 0.3) is 0 Å². The highest BCUT2D eigenvalue weighted by Gasteiger charge is 2.14. The molecule has 0 radical (unpaired) electrons. The summed E-state index contributed by atoms with van der Waals surface area (Å²) in [7, 11) is 0. The lowest BCUT2D eigenvalue weighted by atomic mass is 10.0. The minimum Gasteiger partial charge on any atom is -0.465 e. The maximum absolute atomic E-state index is 10.8. The van der Waals surface area contributed by atoms with Crippen molar-refractivity contribution < 1.29 is 9.53 Å². The van der Waals surface area contributed by atoms with Crippen molar-refractivity contribution in [2.75, 3.05) is 19.7 Å². The molecule has 1 unspecified atom stereocenters. The topological polar surface area (TPSA) is 38.3 Å². The van der Waals surface area contributed by atoms with Gasteiger partial charge in [-0.25, -0.2) is 0 Å². The van der Waals surface area contributed by atoms with Crippen LogP contribution < -0.4 is 5.32 Å². The van der Waals surface area contributed by atoms with Gasteiger partial charge < -0.3 is 10.1 Å². The molecule has 1 aliphatic rings. The van der Waals surface area contributed by atoms with E-state index < -0.39 is 0 Å². The number of hydrogen-bond acceptors (Lipinski definition) is 3. The summed E-state index contributed by atoms with van der Waals surface area (Å²) in [4.78, 5) is 10.8. The Morgan fingerprint density at radius 2 is 2.50 bits per heavy atom. The van der Waals surface area contributed by atoms with Gasteiger partial charge in [-0.2, -0.15) is 0 Å². The molecule has 70 valence electrons. The number of hydrogen-bond donors (Lipinski definition) is 1. The predicted octanol–water partition coefficient (Wildman–Crippen LogP) is 0.939. The molecule has 3 heteroatoms. The third kappa shape index (κ3) is 3.22. The summed E-state index contributed by atoms with van der Waals surface area (Å²) in [5, 5.41) is 3.29. The van der Waals surface area contributed by atoms with Crippen molar-refractivity contribution in [3.8, 4) is 0 Å². The molecule has 1 aliphatic heterocycles. The molecule has 0 bridgehead atoms. The quantitative estimate of drug-likeness (QED) is 0.642. The Morgan fingerprint density at radius 1 is 1.67 bits per heavy atom. The molecule has 1 rings (SSSR count). The van der Waals surface area contributed by atoms with Gasteiger partial charge in [0.05, 0.1) is 6.61 Å². The molecular weight excluding hydrogens is 154 g/mol. The first-order valence-corrected chi connectivity index (χ1v) is 4.69. The fourth-order valence-electron chi connectivity index (χ4n) is 1.38. The van der Waals surface area contributed by atoms with E-state index in [1.54, 1.807) is 0 Å².